The fourth-order valence-corrected chi connectivity index (χ4v) is 3.08. The second kappa shape index (κ2) is 5.56. The van der Waals surface area contributed by atoms with Crippen LogP contribution in [0.25, 0.3) is 0 Å². The summed E-state index contributed by atoms with van der Waals surface area (Å²) in [4.78, 5) is 2.27. The smallest absolute Gasteiger partial charge is 0.103 e. The molecule has 0 N–H and O–H groups in total. The first-order valence-electron chi connectivity index (χ1n) is 6.78. The van der Waals surface area contributed by atoms with Gasteiger partial charge >= 0.3 is 0 Å². The quantitative estimate of drug-likeness (QED) is 0.825. The second-order valence-corrected chi connectivity index (χ2v) is 5.50. The molecule has 0 amide bonds. The van der Waals surface area contributed by atoms with E-state index in [1.807, 2.05) is 18.2 Å². The van der Waals surface area contributed by atoms with Gasteiger partial charge in [-0.2, -0.15) is 5.26 Å². The molecule has 0 aromatic heterocycles. The molecule has 0 spiro atoms. The van der Waals surface area contributed by atoms with E-state index < -0.39 is 0 Å². The van der Waals surface area contributed by atoms with Crippen molar-refractivity contribution in [2.75, 3.05) is 18.0 Å². The molecule has 1 fully saturated rings. The van der Waals surface area contributed by atoms with Gasteiger partial charge in [0, 0.05) is 19.0 Å². The van der Waals surface area contributed by atoms with E-state index in [-0.39, 0.29) is 0 Å². The molecule has 1 atom stereocenters. The van der Waals surface area contributed by atoms with Gasteiger partial charge in [0.1, 0.15) is 6.07 Å². The molecule has 20 heavy (non-hydrogen) atoms. The van der Waals surface area contributed by atoms with E-state index in [0.717, 1.165) is 25.2 Å². The zero-order valence-corrected chi connectivity index (χ0v) is 11.8. The van der Waals surface area contributed by atoms with Gasteiger partial charge in [-0.25, -0.2) is 0 Å². The largest absolute Gasteiger partial charge is 0.370 e. The van der Waals surface area contributed by atoms with Crippen molar-refractivity contribution < 1.29 is 0 Å². The molecule has 2 aromatic carbocycles. The predicted octanol–water partition coefficient (Wildman–Crippen LogP) is 4.21. The van der Waals surface area contributed by atoms with Crippen molar-refractivity contribution in [3.63, 3.8) is 0 Å². The van der Waals surface area contributed by atoms with Crippen LogP contribution in [0.1, 0.15) is 23.5 Å². The van der Waals surface area contributed by atoms with E-state index in [0.29, 0.717) is 16.5 Å². The van der Waals surface area contributed by atoms with E-state index in [9.17, 15) is 5.26 Å². The highest BCUT2D eigenvalue weighted by Crippen LogP contribution is 2.34. The van der Waals surface area contributed by atoms with Crippen LogP contribution in [-0.4, -0.2) is 13.1 Å². The Bertz CT molecular complexity index is 646. The molecule has 1 aliphatic heterocycles. The summed E-state index contributed by atoms with van der Waals surface area (Å²) < 4.78 is 0. The van der Waals surface area contributed by atoms with Gasteiger partial charge < -0.3 is 4.90 Å². The first-order chi connectivity index (χ1) is 9.79. The highest BCUT2D eigenvalue weighted by atomic mass is 35.5. The van der Waals surface area contributed by atoms with Gasteiger partial charge in [0.25, 0.3) is 0 Å². The van der Waals surface area contributed by atoms with Crippen molar-refractivity contribution in [2.45, 2.75) is 12.3 Å². The van der Waals surface area contributed by atoms with Crippen LogP contribution in [0.2, 0.25) is 5.02 Å². The number of halogens is 1. The Morgan fingerprint density at radius 1 is 1.10 bits per heavy atom. The molecule has 1 unspecified atom stereocenters. The number of hydrogen-bond acceptors (Lipinski definition) is 2. The highest BCUT2D eigenvalue weighted by Gasteiger charge is 2.25. The molecule has 0 saturated carbocycles. The highest BCUT2D eigenvalue weighted by molar-refractivity contribution is 6.32. The Labute approximate surface area is 124 Å². The summed E-state index contributed by atoms with van der Waals surface area (Å²) in [6, 6.07) is 18.5. The standard InChI is InChI=1S/C17H15ClN2/c18-16-7-4-8-17(15(16)11-19)20-10-9-14(12-20)13-5-2-1-3-6-13/h1-8,14H,9-10,12H2. The third-order valence-electron chi connectivity index (χ3n) is 3.90. The number of nitriles is 1. The Hall–Kier alpha value is -1.98. The van der Waals surface area contributed by atoms with Gasteiger partial charge in [-0.1, -0.05) is 48.0 Å². The molecule has 0 radical (unpaired) electrons. The molecular formula is C17H15ClN2. The van der Waals surface area contributed by atoms with Gasteiger partial charge in [-0.05, 0) is 24.1 Å². The molecular weight excluding hydrogens is 268 g/mol. The first-order valence-corrected chi connectivity index (χ1v) is 7.16. The molecule has 3 rings (SSSR count). The third-order valence-corrected chi connectivity index (χ3v) is 4.22. The van der Waals surface area contributed by atoms with Crippen molar-refractivity contribution >= 4 is 17.3 Å². The lowest BCUT2D eigenvalue weighted by Crippen LogP contribution is -2.20. The average Bonchev–Trinajstić information content (AvgIpc) is 2.97. The van der Waals surface area contributed by atoms with Crippen LogP contribution >= 0.6 is 11.6 Å². The summed E-state index contributed by atoms with van der Waals surface area (Å²) in [6.07, 6.45) is 1.11. The Morgan fingerprint density at radius 2 is 1.90 bits per heavy atom. The lowest BCUT2D eigenvalue weighted by molar-refractivity contribution is 0.775. The van der Waals surface area contributed by atoms with Crippen LogP contribution < -0.4 is 4.90 Å². The third kappa shape index (κ3) is 2.37. The second-order valence-electron chi connectivity index (χ2n) is 5.09. The Morgan fingerprint density at radius 3 is 2.65 bits per heavy atom. The molecule has 1 heterocycles. The van der Waals surface area contributed by atoms with Crippen LogP contribution in [0.4, 0.5) is 5.69 Å². The van der Waals surface area contributed by atoms with Gasteiger partial charge in [-0.15, -0.1) is 0 Å². The summed E-state index contributed by atoms with van der Waals surface area (Å²) in [5, 5.41) is 9.82. The average molecular weight is 283 g/mol. The van der Waals surface area contributed by atoms with Crippen LogP contribution in [0.5, 0.6) is 0 Å². The van der Waals surface area contributed by atoms with Crippen molar-refractivity contribution in [3.05, 3.63) is 64.7 Å². The monoisotopic (exact) mass is 282 g/mol. The maximum atomic E-state index is 9.28. The topological polar surface area (TPSA) is 27.0 Å². The van der Waals surface area contributed by atoms with Crippen LogP contribution in [0.3, 0.4) is 0 Å². The predicted molar refractivity (Wildman–Crippen MR) is 82.2 cm³/mol. The van der Waals surface area contributed by atoms with E-state index in [4.69, 9.17) is 11.6 Å². The van der Waals surface area contributed by atoms with E-state index in [1.165, 1.54) is 5.56 Å². The van der Waals surface area contributed by atoms with Crippen LogP contribution in [0, 0.1) is 11.3 Å². The number of rotatable bonds is 2. The fraction of sp³-hybridized carbons (Fsp3) is 0.235. The summed E-state index contributed by atoms with van der Waals surface area (Å²) in [7, 11) is 0. The molecule has 100 valence electrons. The zero-order chi connectivity index (χ0) is 13.9. The number of benzene rings is 2. The van der Waals surface area contributed by atoms with E-state index >= 15 is 0 Å². The minimum Gasteiger partial charge on any atom is -0.370 e. The maximum absolute atomic E-state index is 9.28. The summed E-state index contributed by atoms with van der Waals surface area (Å²) in [5.74, 6) is 0.529. The molecule has 2 aromatic rings. The molecule has 3 heteroatoms. The van der Waals surface area contributed by atoms with Gasteiger partial charge in [0.2, 0.25) is 0 Å². The van der Waals surface area contributed by atoms with Gasteiger partial charge in [0.05, 0.1) is 16.3 Å². The number of anilines is 1. The molecule has 1 saturated heterocycles. The van der Waals surface area contributed by atoms with Crippen molar-refractivity contribution in [2.24, 2.45) is 0 Å². The molecule has 0 bridgehead atoms. The lowest BCUT2D eigenvalue weighted by atomic mass is 9.99. The van der Waals surface area contributed by atoms with Crippen LogP contribution in [0.15, 0.2) is 48.5 Å². The van der Waals surface area contributed by atoms with Crippen LogP contribution in [-0.2, 0) is 0 Å². The number of hydrogen-bond donors (Lipinski definition) is 0. The number of nitrogens with zero attached hydrogens (tertiary/aromatic N) is 2. The summed E-state index contributed by atoms with van der Waals surface area (Å²) >= 11 is 6.11. The first kappa shape index (κ1) is 13.0. The lowest BCUT2D eigenvalue weighted by Gasteiger charge is -2.20. The SMILES string of the molecule is N#Cc1c(Cl)cccc1N1CCC(c2ccccc2)C1. The van der Waals surface area contributed by atoms with Gasteiger partial charge in [0.15, 0.2) is 0 Å². The van der Waals surface area contributed by atoms with Crippen molar-refractivity contribution in [1.29, 1.82) is 5.26 Å². The normalized spacial score (nSPS) is 18.0. The zero-order valence-electron chi connectivity index (χ0n) is 11.1. The molecule has 1 aliphatic rings. The minimum atomic E-state index is 0.529. The minimum absolute atomic E-state index is 0.529. The summed E-state index contributed by atoms with van der Waals surface area (Å²) in [5.41, 5.74) is 2.91. The van der Waals surface area contributed by atoms with Gasteiger partial charge in [-0.3, -0.25) is 0 Å². The maximum Gasteiger partial charge on any atom is 0.103 e. The Balaban J connectivity index is 1.85. The molecule has 0 aliphatic carbocycles. The molecule has 2 nitrogen and oxygen atoms in total. The Kier molecular flexibility index (Phi) is 3.62. The van der Waals surface area contributed by atoms with E-state index in [1.54, 1.807) is 6.07 Å². The van der Waals surface area contributed by atoms with Crippen molar-refractivity contribution in [1.82, 2.24) is 0 Å². The van der Waals surface area contributed by atoms with Crippen molar-refractivity contribution in [3.8, 4) is 6.07 Å². The van der Waals surface area contributed by atoms with E-state index in [2.05, 4.69) is 35.2 Å². The fourth-order valence-electron chi connectivity index (χ4n) is 2.86. The summed E-state index contributed by atoms with van der Waals surface area (Å²) in [6.45, 7) is 1.91.